The Morgan fingerprint density at radius 2 is 1.81 bits per heavy atom. The van der Waals surface area contributed by atoms with Crippen LogP contribution in [0.1, 0.15) is 29.8 Å². The second kappa shape index (κ2) is 6.55. The first-order valence-electron chi connectivity index (χ1n) is 7.09. The van der Waals surface area contributed by atoms with E-state index in [0.29, 0.717) is 0 Å². The van der Waals surface area contributed by atoms with Crippen molar-refractivity contribution in [1.29, 1.82) is 0 Å². The van der Waals surface area contributed by atoms with E-state index in [1.54, 1.807) is 11.3 Å². The van der Waals surface area contributed by atoms with Crippen molar-refractivity contribution in [3.05, 3.63) is 82.3 Å². The van der Waals surface area contributed by atoms with Gasteiger partial charge in [-0.25, -0.2) is 4.98 Å². The topological polar surface area (TPSA) is 24.9 Å². The quantitative estimate of drug-likeness (QED) is 0.723. The Kier molecular flexibility index (Phi) is 4.31. The summed E-state index contributed by atoms with van der Waals surface area (Å²) in [7, 11) is 0. The van der Waals surface area contributed by atoms with Gasteiger partial charge in [0.15, 0.2) is 0 Å². The maximum Gasteiger partial charge on any atom is 0.0795 e. The van der Waals surface area contributed by atoms with Gasteiger partial charge in [-0.1, -0.05) is 48.5 Å². The van der Waals surface area contributed by atoms with E-state index in [4.69, 9.17) is 0 Å². The molecule has 2 aromatic carbocycles. The summed E-state index contributed by atoms with van der Waals surface area (Å²) < 4.78 is 0. The van der Waals surface area contributed by atoms with Crippen LogP contribution in [0.2, 0.25) is 0 Å². The Morgan fingerprint density at radius 3 is 2.57 bits per heavy atom. The van der Waals surface area contributed by atoms with Crippen molar-refractivity contribution in [2.75, 3.05) is 5.32 Å². The van der Waals surface area contributed by atoms with Gasteiger partial charge in [-0.15, -0.1) is 11.3 Å². The lowest BCUT2D eigenvalue weighted by atomic mass is 10.0. The van der Waals surface area contributed by atoms with Crippen LogP contribution in [-0.2, 0) is 6.42 Å². The Bertz CT molecular complexity index is 677. The lowest BCUT2D eigenvalue weighted by Crippen LogP contribution is -2.08. The fourth-order valence-electron chi connectivity index (χ4n) is 2.37. The highest BCUT2D eigenvalue weighted by atomic mass is 32.1. The number of para-hydroxylation sites is 1. The van der Waals surface area contributed by atoms with E-state index in [1.807, 2.05) is 5.51 Å². The van der Waals surface area contributed by atoms with Crippen molar-refractivity contribution < 1.29 is 0 Å². The van der Waals surface area contributed by atoms with E-state index in [-0.39, 0.29) is 6.04 Å². The molecule has 3 heteroatoms. The second-order valence-corrected chi connectivity index (χ2v) is 5.82. The molecule has 1 atom stereocenters. The average molecular weight is 294 g/mol. The minimum absolute atomic E-state index is 0.216. The molecule has 1 heterocycles. The normalized spacial score (nSPS) is 12.0. The number of nitrogens with one attached hydrogen (secondary N) is 1. The standard InChI is InChI=1S/C18H18N2S/c1-14(18-12-21-13-19-18)20-17-10-6-5-9-16(17)11-15-7-3-2-4-8-15/h2-10,12-14,20H,11H2,1H3. The van der Waals surface area contributed by atoms with Gasteiger partial charge in [0.05, 0.1) is 17.2 Å². The van der Waals surface area contributed by atoms with Gasteiger partial charge in [0.1, 0.15) is 0 Å². The predicted octanol–water partition coefficient (Wildman–Crippen LogP) is 4.91. The summed E-state index contributed by atoms with van der Waals surface area (Å²) in [6.07, 6.45) is 0.938. The van der Waals surface area contributed by atoms with Crippen molar-refractivity contribution in [3.63, 3.8) is 0 Å². The van der Waals surface area contributed by atoms with Crippen molar-refractivity contribution >= 4 is 17.0 Å². The van der Waals surface area contributed by atoms with Crippen LogP contribution >= 0.6 is 11.3 Å². The first-order valence-corrected chi connectivity index (χ1v) is 8.03. The molecule has 1 unspecified atom stereocenters. The van der Waals surface area contributed by atoms with Crippen LogP contribution in [0, 0.1) is 0 Å². The Hall–Kier alpha value is -2.13. The zero-order chi connectivity index (χ0) is 14.5. The zero-order valence-corrected chi connectivity index (χ0v) is 12.8. The van der Waals surface area contributed by atoms with Gasteiger partial charge in [-0.2, -0.15) is 0 Å². The first kappa shape index (κ1) is 13.8. The first-order chi connectivity index (χ1) is 10.3. The van der Waals surface area contributed by atoms with Crippen molar-refractivity contribution in [3.8, 4) is 0 Å². The van der Waals surface area contributed by atoms with E-state index >= 15 is 0 Å². The molecule has 0 saturated heterocycles. The number of hydrogen-bond acceptors (Lipinski definition) is 3. The van der Waals surface area contributed by atoms with Crippen LogP contribution in [0.3, 0.4) is 0 Å². The molecule has 0 spiro atoms. The van der Waals surface area contributed by atoms with E-state index in [1.165, 1.54) is 16.8 Å². The van der Waals surface area contributed by atoms with Gasteiger partial charge in [0.25, 0.3) is 0 Å². The smallest absolute Gasteiger partial charge is 0.0795 e. The van der Waals surface area contributed by atoms with Crippen molar-refractivity contribution in [1.82, 2.24) is 4.98 Å². The van der Waals surface area contributed by atoms with E-state index < -0.39 is 0 Å². The van der Waals surface area contributed by atoms with Crippen LogP contribution < -0.4 is 5.32 Å². The molecule has 0 saturated carbocycles. The number of anilines is 1. The maximum atomic E-state index is 4.38. The second-order valence-electron chi connectivity index (χ2n) is 5.10. The number of thiazole rings is 1. The van der Waals surface area contributed by atoms with E-state index in [0.717, 1.165) is 12.1 Å². The van der Waals surface area contributed by atoms with Crippen LogP contribution in [-0.4, -0.2) is 4.98 Å². The molecule has 0 aliphatic rings. The summed E-state index contributed by atoms with van der Waals surface area (Å²) in [5, 5.41) is 5.67. The molecule has 0 aliphatic heterocycles. The fraction of sp³-hybridized carbons (Fsp3) is 0.167. The van der Waals surface area contributed by atoms with Gasteiger partial charge in [-0.3, -0.25) is 0 Å². The molecule has 0 radical (unpaired) electrons. The van der Waals surface area contributed by atoms with Crippen LogP contribution in [0.15, 0.2) is 65.5 Å². The van der Waals surface area contributed by atoms with Gasteiger partial charge >= 0.3 is 0 Å². The molecule has 21 heavy (non-hydrogen) atoms. The summed E-state index contributed by atoms with van der Waals surface area (Å²) >= 11 is 1.63. The zero-order valence-electron chi connectivity index (χ0n) is 12.0. The molecule has 2 nitrogen and oxygen atoms in total. The molecule has 3 rings (SSSR count). The molecule has 1 aromatic heterocycles. The third-order valence-corrected chi connectivity index (χ3v) is 4.13. The molecule has 0 aliphatic carbocycles. The van der Waals surface area contributed by atoms with E-state index in [9.17, 15) is 0 Å². The van der Waals surface area contributed by atoms with Crippen LogP contribution in [0.5, 0.6) is 0 Å². The van der Waals surface area contributed by atoms with Gasteiger partial charge in [0.2, 0.25) is 0 Å². The monoisotopic (exact) mass is 294 g/mol. The number of rotatable bonds is 5. The van der Waals surface area contributed by atoms with Crippen molar-refractivity contribution in [2.45, 2.75) is 19.4 Å². The summed E-state index contributed by atoms with van der Waals surface area (Å²) in [6.45, 7) is 2.15. The summed E-state index contributed by atoms with van der Waals surface area (Å²) in [5.74, 6) is 0. The van der Waals surface area contributed by atoms with Crippen LogP contribution in [0.25, 0.3) is 0 Å². The fourth-order valence-corrected chi connectivity index (χ4v) is 3.02. The summed E-state index contributed by atoms with van der Waals surface area (Å²) in [6, 6.07) is 19.3. The highest BCUT2D eigenvalue weighted by Gasteiger charge is 2.09. The van der Waals surface area contributed by atoms with E-state index in [2.05, 4.69) is 77.2 Å². The van der Waals surface area contributed by atoms with Crippen molar-refractivity contribution in [2.24, 2.45) is 0 Å². The Morgan fingerprint density at radius 1 is 1.05 bits per heavy atom. The number of benzene rings is 2. The molecule has 0 bridgehead atoms. The largest absolute Gasteiger partial charge is 0.377 e. The highest BCUT2D eigenvalue weighted by molar-refractivity contribution is 7.07. The summed E-state index contributed by atoms with van der Waals surface area (Å²) in [4.78, 5) is 4.38. The van der Waals surface area contributed by atoms with Crippen LogP contribution in [0.4, 0.5) is 5.69 Å². The molecular formula is C18H18N2S. The number of aromatic nitrogens is 1. The highest BCUT2D eigenvalue weighted by Crippen LogP contribution is 2.24. The number of hydrogen-bond donors (Lipinski definition) is 1. The molecule has 0 amide bonds. The minimum atomic E-state index is 0.216. The average Bonchev–Trinajstić information content (AvgIpc) is 3.05. The molecule has 1 N–H and O–H groups in total. The molecule has 0 fully saturated rings. The minimum Gasteiger partial charge on any atom is -0.377 e. The summed E-state index contributed by atoms with van der Waals surface area (Å²) in [5.41, 5.74) is 6.79. The molecular weight excluding hydrogens is 276 g/mol. The third kappa shape index (κ3) is 3.50. The third-order valence-electron chi connectivity index (χ3n) is 3.52. The lowest BCUT2D eigenvalue weighted by Gasteiger charge is -2.17. The Balaban J connectivity index is 1.79. The van der Waals surface area contributed by atoms with Gasteiger partial charge in [0, 0.05) is 11.1 Å². The predicted molar refractivity (Wildman–Crippen MR) is 89.8 cm³/mol. The number of nitrogens with zero attached hydrogens (tertiary/aromatic N) is 1. The SMILES string of the molecule is CC(Nc1ccccc1Cc1ccccc1)c1cscn1. The molecule has 3 aromatic rings. The lowest BCUT2D eigenvalue weighted by molar-refractivity contribution is 0.847. The van der Waals surface area contributed by atoms with Gasteiger partial charge in [-0.05, 0) is 30.5 Å². The van der Waals surface area contributed by atoms with Gasteiger partial charge < -0.3 is 5.32 Å². The molecule has 106 valence electrons. The Labute approximate surface area is 129 Å². The maximum absolute atomic E-state index is 4.38.